The number of fused-ring (bicyclic) bond motifs is 1. The summed E-state index contributed by atoms with van der Waals surface area (Å²) in [6.07, 6.45) is 3.95. The van der Waals surface area contributed by atoms with Crippen LogP contribution < -0.4 is 10.6 Å². The molecule has 0 aliphatic heterocycles. The van der Waals surface area contributed by atoms with E-state index in [1.807, 2.05) is 5.32 Å². The average Bonchev–Trinajstić information content (AvgIpc) is 2.89. The normalized spacial score (nSPS) is 17.9. The standard InChI is InChI=1S/C18H28N2O3S/c1-5-12(4)19-10-15(21)20-17-16(18(22)23-6-2)13-8-7-11(3)9-14(13)24-17/h11-12,19H,5-10H2,1-4H3,(H,20,21)/p+1/t11-,12-/m0/s1. The third kappa shape index (κ3) is 4.57. The van der Waals surface area contributed by atoms with Crippen LogP contribution in [0.5, 0.6) is 0 Å². The van der Waals surface area contributed by atoms with Crippen LogP contribution in [0.15, 0.2) is 0 Å². The summed E-state index contributed by atoms with van der Waals surface area (Å²) < 4.78 is 5.23. The molecule has 1 aromatic heterocycles. The van der Waals surface area contributed by atoms with Crippen molar-refractivity contribution in [3.05, 3.63) is 16.0 Å². The average molecular weight is 354 g/mol. The Morgan fingerprint density at radius 1 is 1.42 bits per heavy atom. The van der Waals surface area contributed by atoms with Crippen LogP contribution >= 0.6 is 11.3 Å². The second-order valence-electron chi connectivity index (χ2n) is 6.65. The molecule has 0 radical (unpaired) electrons. The van der Waals surface area contributed by atoms with E-state index in [4.69, 9.17) is 4.74 Å². The predicted molar refractivity (Wildman–Crippen MR) is 96.6 cm³/mol. The van der Waals surface area contributed by atoms with E-state index in [9.17, 15) is 9.59 Å². The SMILES string of the molecule is CCOC(=O)c1c(NC(=O)C[NH2+][C@@H](C)CC)sc2c1CC[C@H](C)C2. The van der Waals surface area contributed by atoms with E-state index in [1.165, 1.54) is 4.88 Å². The maximum absolute atomic E-state index is 12.4. The zero-order valence-electron chi connectivity index (χ0n) is 15.1. The van der Waals surface area contributed by atoms with Gasteiger partial charge in [-0.15, -0.1) is 11.3 Å². The van der Waals surface area contributed by atoms with Gasteiger partial charge in [0.2, 0.25) is 0 Å². The lowest BCUT2D eigenvalue weighted by Gasteiger charge is -2.18. The maximum atomic E-state index is 12.4. The van der Waals surface area contributed by atoms with Crippen LogP contribution in [-0.4, -0.2) is 31.1 Å². The van der Waals surface area contributed by atoms with Gasteiger partial charge in [-0.25, -0.2) is 4.79 Å². The topological polar surface area (TPSA) is 72.0 Å². The first-order chi connectivity index (χ1) is 11.5. The molecular weight excluding hydrogens is 324 g/mol. The number of carbonyl (C=O) groups excluding carboxylic acids is 2. The number of hydrogen-bond acceptors (Lipinski definition) is 4. The number of carbonyl (C=O) groups is 2. The second-order valence-corrected chi connectivity index (χ2v) is 7.76. The van der Waals surface area contributed by atoms with Crippen LogP contribution in [0.4, 0.5) is 5.00 Å². The number of ether oxygens (including phenoxy) is 1. The van der Waals surface area contributed by atoms with Crippen molar-refractivity contribution >= 4 is 28.2 Å². The van der Waals surface area contributed by atoms with Crippen molar-refractivity contribution in [3.63, 3.8) is 0 Å². The molecule has 5 nitrogen and oxygen atoms in total. The van der Waals surface area contributed by atoms with Gasteiger partial charge >= 0.3 is 5.97 Å². The molecule has 0 saturated carbocycles. The first-order valence-corrected chi connectivity index (χ1v) is 9.72. The zero-order valence-corrected chi connectivity index (χ0v) is 15.9. The lowest BCUT2D eigenvalue weighted by atomic mass is 9.88. The molecule has 0 unspecified atom stereocenters. The largest absolute Gasteiger partial charge is 0.462 e. The molecule has 1 amide bonds. The van der Waals surface area contributed by atoms with Crippen LogP contribution in [-0.2, 0) is 22.4 Å². The third-order valence-electron chi connectivity index (χ3n) is 4.59. The Morgan fingerprint density at radius 3 is 2.83 bits per heavy atom. The fourth-order valence-corrected chi connectivity index (χ4v) is 4.33. The molecule has 0 saturated heterocycles. The Hall–Kier alpha value is -1.40. The highest BCUT2D eigenvalue weighted by atomic mass is 32.1. The Balaban J connectivity index is 2.18. The van der Waals surface area contributed by atoms with E-state index in [1.54, 1.807) is 18.3 Å². The van der Waals surface area contributed by atoms with E-state index in [0.29, 0.717) is 35.7 Å². The van der Waals surface area contributed by atoms with Crippen LogP contribution in [0.3, 0.4) is 0 Å². The monoisotopic (exact) mass is 353 g/mol. The number of anilines is 1. The van der Waals surface area contributed by atoms with Crippen LogP contribution in [0.2, 0.25) is 0 Å². The van der Waals surface area contributed by atoms with E-state index in [2.05, 4.69) is 26.1 Å². The molecule has 0 aromatic carbocycles. The van der Waals surface area contributed by atoms with Gasteiger partial charge in [-0.3, -0.25) is 4.79 Å². The van der Waals surface area contributed by atoms with Crippen molar-refractivity contribution in [1.82, 2.24) is 0 Å². The Morgan fingerprint density at radius 2 is 2.17 bits per heavy atom. The third-order valence-corrected chi connectivity index (χ3v) is 5.76. The number of esters is 1. The maximum Gasteiger partial charge on any atom is 0.341 e. The van der Waals surface area contributed by atoms with Crippen molar-refractivity contribution in [2.45, 2.75) is 59.4 Å². The molecule has 3 N–H and O–H groups in total. The Labute approximate surface area is 148 Å². The first kappa shape index (κ1) is 18.9. The molecule has 6 heteroatoms. The van der Waals surface area contributed by atoms with Crippen molar-refractivity contribution in [1.29, 1.82) is 0 Å². The molecule has 134 valence electrons. The zero-order chi connectivity index (χ0) is 17.7. The quantitative estimate of drug-likeness (QED) is 0.739. The molecule has 1 heterocycles. The predicted octanol–water partition coefficient (Wildman–Crippen LogP) is 2.35. The molecule has 2 atom stereocenters. The lowest BCUT2D eigenvalue weighted by Crippen LogP contribution is -2.90. The molecule has 0 bridgehead atoms. The van der Waals surface area contributed by atoms with Crippen molar-refractivity contribution in [3.8, 4) is 0 Å². The van der Waals surface area contributed by atoms with Gasteiger partial charge in [0.25, 0.3) is 5.91 Å². The minimum atomic E-state index is -0.314. The summed E-state index contributed by atoms with van der Waals surface area (Å²) in [6, 6.07) is 0.415. The van der Waals surface area contributed by atoms with Gasteiger partial charge in [0.15, 0.2) is 6.54 Å². The minimum absolute atomic E-state index is 0.0625. The number of amides is 1. The number of hydrogen-bond donors (Lipinski definition) is 2. The Kier molecular flexibility index (Phi) is 6.80. The summed E-state index contributed by atoms with van der Waals surface area (Å²) in [7, 11) is 0. The fraction of sp³-hybridized carbons (Fsp3) is 0.667. The molecule has 0 spiro atoms. The molecular formula is C18H29N2O3S+. The molecule has 0 fully saturated rings. The lowest BCUT2D eigenvalue weighted by molar-refractivity contribution is -0.675. The van der Waals surface area contributed by atoms with Gasteiger partial charge in [0, 0.05) is 4.88 Å². The van der Waals surface area contributed by atoms with Crippen LogP contribution in [0.1, 0.15) is 61.3 Å². The highest BCUT2D eigenvalue weighted by Crippen LogP contribution is 2.40. The van der Waals surface area contributed by atoms with E-state index in [0.717, 1.165) is 31.2 Å². The second kappa shape index (κ2) is 8.62. The molecule has 1 aliphatic carbocycles. The number of quaternary nitrogens is 1. The summed E-state index contributed by atoms with van der Waals surface area (Å²) in [5.41, 5.74) is 1.67. The number of nitrogens with two attached hydrogens (primary N) is 1. The van der Waals surface area contributed by atoms with Gasteiger partial charge in [-0.1, -0.05) is 13.8 Å². The Bertz CT molecular complexity index is 597. The van der Waals surface area contributed by atoms with Crippen LogP contribution in [0.25, 0.3) is 0 Å². The number of nitrogens with one attached hydrogen (secondary N) is 1. The number of thiophene rings is 1. The summed E-state index contributed by atoms with van der Waals surface area (Å²) >= 11 is 1.54. The van der Waals surface area contributed by atoms with E-state index >= 15 is 0 Å². The summed E-state index contributed by atoms with van der Waals surface area (Å²) in [5.74, 6) is 0.242. The van der Waals surface area contributed by atoms with E-state index < -0.39 is 0 Å². The van der Waals surface area contributed by atoms with E-state index in [-0.39, 0.29) is 11.9 Å². The molecule has 24 heavy (non-hydrogen) atoms. The van der Waals surface area contributed by atoms with Crippen molar-refractivity contribution in [2.75, 3.05) is 18.5 Å². The van der Waals surface area contributed by atoms with Gasteiger partial charge in [-0.2, -0.15) is 0 Å². The summed E-state index contributed by atoms with van der Waals surface area (Å²) in [5, 5.41) is 5.63. The minimum Gasteiger partial charge on any atom is -0.462 e. The van der Waals surface area contributed by atoms with Crippen molar-refractivity contribution < 1.29 is 19.6 Å². The van der Waals surface area contributed by atoms with Gasteiger partial charge in [0.05, 0.1) is 18.2 Å². The molecule has 1 aliphatic rings. The summed E-state index contributed by atoms with van der Waals surface area (Å²) in [6.45, 7) is 8.95. The first-order valence-electron chi connectivity index (χ1n) is 8.91. The molecule has 2 rings (SSSR count). The van der Waals surface area contributed by atoms with Gasteiger partial charge < -0.3 is 15.4 Å². The highest BCUT2D eigenvalue weighted by molar-refractivity contribution is 7.17. The smallest absolute Gasteiger partial charge is 0.341 e. The van der Waals surface area contributed by atoms with Crippen molar-refractivity contribution in [2.24, 2.45) is 5.92 Å². The fourth-order valence-electron chi connectivity index (χ4n) is 2.91. The van der Waals surface area contributed by atoms with Crippen LogP contribution in [0, 0.1) is 5.92 Å². The summed E-state index contributed by atoms with van der Waals surface area (Å²) in [4.78, 5) is 25.9. The molecule has 1 aromatic rings. The van der Waals surface area contributed by atoms with Gasteiger partial charge in [-0.05, 0) is 51.0 Å². The number of rotatable bonds is 7. The highest BCUT2D eigenvalue weighted by Gasteiger charge is 2.29. The van der Waals surface area contributed by atoms with Gasteiger partial charge in [0.1, 0.15) is 5.00 Å².